The molecule has 0 bridgehead atoms. The molecule has 0 aliphatic rings. The molecule has 0 radical (unpaired) electrons. The van der Waals surface area contributed by atoms with E-state index in [1.54, 1.807) is 18.3 Å². The van der Waals surface area contributed by atoms with Crippen LogP contribution >= 0.6 is 0 Å². The molecule has 0 unspecified atom stereocenters. The summed E-state index contributed by atoms with van der Waals surface area (Å²) in [4.78, 5) is 37.1. The van der Waals surface area contributed by atoms with Gasteiger partial charge in [0.15, 0.2) is 0 Å². The van der Waals surface area contributed by atoms with Crippen molar-refractivity contribution in [3.63, 3.8) is 0 Å². The average Bonchev–Trinajstić information content (AvgIpc) is 3.22. The molecule has 33 heavy (non-hydrogen) atoms. The lowest BCUT2D eigenvalue weighted by atomic mass is 10.1. The molecular weight excluding hydrogens is 427 g/mol. The third-order valence-electron chi connectivity index (χ3n) is 5.08. The van der Waals surface area contributed by atoms with Gasteiger partial charge in [-0.2, -0.15) is 10.2 Å². The van der Waals surface area contributed by atoms with Crippen LogP contribution in [0.1, 0.15) is 35.8 Å². The van der Waals surface area contributed by atoms with Crippen molar-refractivity contribution < 1.29 is 14.0 Å². The zero-order chi connectivity index (χ0) is 23.7. The van der Waals surface area contributed by atoms with Crippen LogP contribution in [0.5, 0.6) is 0 Å². The van der Waals surface area contributed by atoms with Crippen molar-refractivity contribution in [2.75, 3.05) is 5.32 Å². The molecule has 0 atom stereocenters. The molecule has 0 saturated heterocycles. The Morgan fingerprint density at radius 2 is 1.76 bits per heavy atom. The number of benzene rings is 2. The Bertz CT molecular complexity index is 1410. The van der Waals surface area contributed by atoms with Gasteiger partial charge in [-0.15, -0.1) is 0 Å². The number of fused-ring (bicyclic) bond motifs is 1. The van der Waals surface area contributed by atoms with E-state index in [9.17, 15) is 18.8 Å². The zero-order valence-corrected chi connectivity index (χ0v) is 17.9. The van der Waals surface area contributed by atoms with Crippen LogP contribution < -0.4 is 16.6 Å². The number of carbonyl (C=O) groups excluding carboxylic acids is 2. The van der Waals surface area contributed by atoms with Crippen LogP contribution in [0, 0.1) is 5.82 Å². The van der Waals surface area contributed by atoms with Crippen molar-refractivity contribution in [1.82, 2.24) is 19.6 Å². The fourth-order valence-corrected chi connectivity index (χ4v) is 3.46. The van der Waals surface area contributed by atoms with Gasteiger partial charge in [-0.1, -0.05) is 13.8 Å². The molecule has 4 rings (SSSR count). The van der Waals surface area contributed by atoms with Gasteiger partial charge in [0.2, 0.25) is 11.8 Å². The zero-order valence-electron chi connectivity index (χ0n) is 17.9. The molecular formula is C23H21FN6O3. The van der Waals surface area contributed by atoms with E-state index in [1.807, 2.05) is 13.8 Å². The van der Waals surface area contributed by atoms with Gasteiger partial charge in [0.25, 0.3) is 5.56 Å². The lowest BCUT2D eigenvalue weighted by Gasteiger charge is -2.12. The molecule has 10 heteroatoms. The average molecular weight is 448 g/mol. The van der Waals surface area contributed by atoms with E-state index < -0.39 is 23.2 Å². The molecule has 0 saturated carbocycles. The highest BCUT2D eigenvalue weighted by Crippen LogP contribution is 2.23. The summed E-state index contributed by atoms with van der Waals surface area (Å²) in [6.45, 7) is 3.51. The number of amides is 2. The highest BCUT2D eigenvalue weighted by molar-refractivity contribution is 5.94. The summed E-state index contributed by atoms with van der Waals surface area (Å²) < 4.78 is 15.9. The summed E-state index contributed by atoms with van der Waals surface area (Å²) in [5.41, 5.74) is 6.84. The number of anilines is 1. The number of nitrogens with two attached hydrogens (primary N) is 1. The predicted molar refractivity (Wildman–Crippen MR) is 121 cm³/mol. The second-order valence-corrected chi connectivity index (χ2v) is 7.79. The monoisotopic (exact) mass is 448 g/mol. The smallest absolute Gasteiger partial charge is 0.293 e. The molecule has 0 aliphatic carbocycles. The van der Waals surface area contributed by atoms with Crippen molar-refractivity contribution in [2.24, 2.45) is 5.73 Å². The normalized spacial score (nSPS) is 11.2. The van der Waals surface area contributed by atoms with E-state index >= 15 is 0 Å². The van der Waals surface area contributed by atoms with Gasteiger partial charge in [-0.25, -0.2) is 13.8 Å². The topological polar surface area (TPSA) is 125 Å². The number of rotatable bonds is 6. The van der Waals surface area contributed by atoms with Crippen LogP contribution in [0.2, 0.25) is 0 Å². The summed E-state index contributed by atoms with van der Waals surface area (Å²) >= 11 is 0. The van der Waals surface area contributed by atoms with Crippen molar-refractivity contribution in [3.8, 4) is 5.69 Å². The minimum Gasteiger partial charge on any atom is -0.366 e. The fraction of sp³-hybridized carbons (Fsp3) is 0.174. The highest BCUT2D eigenvalue weighted by atomic mass is 19.1. The number of carbonyl (C=O) groups is 2. The molecule has 2 aromatic carbocycles. The first-order chi connectivity index (χ1) is 15.7. The van der Waals surface area contributed by atoms with Crippen molar-refractivity contribution >= 4 is 28.4 Å². The van der Waals surface area contributed by atoms with Gasteiger partial charge in [0.05, 0.1) is 17.6 Å². The maximum absolute atomic E-state index is 13.4. The number of hydrogen-bond acceptors (Lipinski definition) is 5. The van der Waals surface area contributed by atoms with E-state index in [-0.39, 0.29) is 18.0 Å². The van der Waals surface area contributed by atoms with Gasteiger partial charge >= 0.3 is 0 Å². The van der Waals surface area contributed by atoms with Gasteiger partial charge in [-0.05, 0) is 54.4 Å². The maximum Gasteiger partial charge on any atom is 0.293 e. The number of aromatic nitrogens is 4. The molecule has 2 amide bonds. The first-order valence-corrected chi connectivity index (χ1v) is 10.2. The summed E-state index contributed by atoms with van der Waals surface area (Å²) in [5, 5.41) is 12.0. The second kappa shape index (κ2) is 8.65. The largest absolute Gasteiger partial charge is 0.366 e. The number of hydrogen-bond donors (Lipinski definition) is 2. The summed E-state index contributed by atoms with van der Waals surface area (Å²) in [6.07, 6.45) is 1.55. The molecule has 2 heterocycles. The lowest BCUT2D eigenvalue weighted by Crippen LogP contribution is -2.31. The Balaban J connectivity index is 1.71. The van der Waals surface area contributed by atoms with E-state index in [4.69, 9.17) is 5.73 Å². The SMILES string of the molecule is CC(C)c1nn(CC(=O)Nc2ccc(C(N)=O)cc2)c(=O)c2c1cnn2-c1ccc(F)cc1. The van der Waals surface area contributed by atoms with Crippen LogP contribution in [0.3, 0.4) is 0 Å². The Labute approximate surface area is 187 Å². The molecule has 2 aromatic heterocycles. The van der Waals surface area contributed by atoms with Gasteiger partial charge in [0, 0.05) is 16.6 Å². The van der Waals surface area contributed by atoms with Crippen molar-refractivity contribution in [1.29, 1.82) is 0 Å². The van der Waals surface area contributed by atoms with Crippen molar-refractivity contribution in [2.45, 2.75) is 26.3 Å². The molecule has 4 aromatic rings. The Morgan fingerprint density at radius 3 is 2.36 bits per heavy atom. The molecule has 168 valence electrons. The van der Waals surface area contributed by atoms with Crippen molar-refractivity contribution in [3.05, 3.63) is 82.2 Å². The van der Waals surface area contributed by atoms with E-state index in [2.05, 4.69) is 15.5 Å². The number of nitrogens with zero attached hydrogens (tertiary/aromatic N) is 4. The fourth-order valence-electron chi connectivity index (χ4n) is 3.46. The first kappa shape index (κ1) is 21.9. The van der Waals surface area contributed by atoms with Gasteiger partial charge < -0.3 is 11.1 Å². The molecule has 0 aliphatic heterocycles. The number of halogens is 1. The number of nitrogens with one attached hydrogen (secondary N) is 1. The Kier molecular flexibility index (Phi) is 5.74. The van der Waals surface area contributed by atoms with Crippen LogP contribution in [0.25, 0.3) is 16.6 Å². The summed E-state index contributed by atoms with van der Waals surface area (Å²) in [5.74, 6) is -1.50. The molecule has 0 fully saturated rings. The minimum atomic E-state index is -0.573. The first-order valence-electron chi connectivity index (χ1n) is 10.2. The molecule has 3 N–H and O–H groups in total. The molecule has 0 spiro atoms. The Morgan fingerprint density at radius 1 is 1.09 bits per heavy atom. The highest BCUT2D eigenvalue weighted by Gasteiger charge is 2.20. The third kappa shape index (κ3) is 4.36. The van der Waals surface area contributed by atoms with E-state index in [0.29, 0.717) is 28.0 Å². The molecule has 9 nitrogen and oxygen atoms in total. The van der Waals surface area contributed by atoms with Crippen LogP contribution in [0.4, 0.5) is 10.1 Å². The van der Waals surface area contributed by atoms with E-state index in [1.165, 1.54) is 41.1 Å². The Hall–Kier alpha value is -4.34. The predicted octanol–water partition coefficient (Wildman–Crippen LogP) is 2.58. The van der Waals surface area contributed by atoms with Crippen LogP contribution in [-0.2, 0) is 11.3 Å². The maximum atomic E-state index is 13.4. The number of primary amides is 1. The lowest BCUT2D eigenvalue weighted by molar-refractivity contribution is -0.117. The second-order valence-electron chi connectivity index (χ2n) is 7.79. The minimum absolute atomic E-state index is 0.0466. The van der Waals surface area contributed by atoms with Gasteiger partial charge in [0.1, 0.15) is 17.9 Å². The standard InChI is InChI=1S/C23H21FN6O3/c1-13(2)20-18-11-26-30(17-9-5-15(24)6-10-17)21(18)23(33)29(28-20)12-19(31)27-16-7-3-14(4-8-16)22(25)32/h3-11,13H,12H2,1-2H3,(H2,25,32)(H,27,31). The van der Waals surface area contributed by atoms with E-state index in [0.717, 1.165) is 4.68 Å². The third-order valence-corrected chi connectivity index (χ3v) is 5.08. The quantitative estimate of drug-likeness (QED) is 0.469. The van der Waals surface area contributed by atoms with Crippen LogP contribution in [-0.4, -0.2) is 31.4 Å². The summed E-state index contributed by atoms with van der Waals surface area (Å²) in [6, 6.07) is 11.7. The van der Waals surface area contributed by atoms with Crippen LogP contribution in [0.15, 0.2) is 59.5 Å². The summed E-state index contributed by atoms with van der Waals surface area (Å²) in [7, 11) is 0. The van der Waals surface area contributed by atoms with Gasteiger partial charge in [-0.3, -0.25) is 14.4 Å².